The van der Waals surface area contributed by atoms with Crippen LogP contribution in [0.2, 0.25) is 0 Å². The fraction of sp³-hybridized carbons (Fsp3) is 0.154. The van der Waals surface area contributed by atoms with Gasteiger partial charge in [-0.3, -0.25) is 9.59 Å². The lowest BCUT2D eigenvalue weighted by molar-refractivity contribution is -0.136. The summed E-state index contributed by atoms with van der Waals surface area (Å²) in [6.07, 6.45) is 1.50. The minimum atomic E-state index is -0.840. The number of aliphatic carboxylic acids is 1. The SMILES string of the molecule is O=C(O)Cc1ccc(CSc2nccc(=O)[nH]2)cc1. The van der Waals surface area contributed by atoms with Crippen molar-refractivity contribution in [3.63, 3.8) is 0 Å². The van der Waals surface area contributed by atoms with Crippen molar-refractivity contribution in [1.82, 2.24) is 9.97 Å². The number of carbonyl (C=O) groups is 1. The Balaban J connectivity index is 1.96. The van der Waals surface area contributed by atoms with Crippen LogP contribution in [0, 0.1) is 0 Å². The largest absolute Gasteiger partial charge is 0.481 e. The summed E-state index contributed by atoms with van der Waals surface area (Å²) in [5.41, 5.74) is 1.65. The van der Waals surface area contributed by atoms with Crippen LogP contribution >= 0.6 is 11.8 Å². The number of carboxylic acids is 1. The molecule has 2 aromatic rings. The lowest BCUT2D eigenvalue weighted by Crippen LogP contribution is -2.05. The van der Waals surface area contributed by atoms with Crippen molar-refractivity contribution in [2.24, 2.45) is 0 Å². The number of H-pyrrole nitrogens is 1. The summed E-state index contributed by atoms with van der Waals surface area (Å²) in [6.45, 7) is 0. The molecule has 0 unspecified atom stereocenters. The highest BCUT2D eigenvalue weighted by Crippen LogP contribution is 2.18. The minimum Gasteiger partial charge on any atom is -0.481 e. The van der Waals surface area contributed by atoms with E-state index in [2.05, 4.69) is 9.97 Å². The lowest BCUT2D eigenvalue weighted by Gasteiger charge is -2.02. The Labute approximate surface area is 113 Å². The second-order valence-electron chi connectivity index (χ2n) is 3.91. The molecule has 0 radical (unpaired) electrons. The van der Waals surface area contributed by atoms with E-state index >= 15 is 0 Å². The second kappa shape index (κ2) is 6.19. The molecule has 2 N–H and O–H groups in total. The standard InChI is InChI=1S/C13H12N2O3S/c16-11-5-6-14-13(15-11)19-8-10-3-1-9(2-4-10)7-12(17)18/h1-6H,7-8H2,(H,17,18)(H,14,15,16). The van der Waals surface area contributed by atoms with Crippen LogP contribution in [0.1, 0.15) is 11.1 Å². The molecule has 0 amide bonds. The van der Waals surface area contributed by atoms with Gasteiger partial charge in [-0.15, -0.1) is 0 Å². The van der Waals surface area contributed by atoms with Gasteiger partial charge < -0.3 is 10.1 Å². The van der Waals surface area contributed by atoms with E-state index in [9.17, 15) is 9.59 Å². The van der Waals surface area contributed by atoms with Crippen molar-refractivity contribution < 1.29 is 9.90 Å². The molecule has 2 rings (SSSR count). The Hall–Kier alpha value is -2.08. The van der Waals surface area contributed by atoms with E-state index in [-0.39, 0.29) is 12.0 Å². The number of benzene rings is 1. The molecule has 0 bridgehead atoms. The van der Waals surface area contributed by atoms with Gasteiger partial charge in [-0.25, -0.2) is 4.98 Å². The zero-order valence-electron chi connectivity index (χ0n) is 10.00. The zero-order valence-corrected chi connectivity index (χ0v) is 10.8. The molecule has 98 valence electrons. The number of hydrogen-bond donors (Lipinski definition) is 2. The zero-order chi connectivity index (χ0) is 13.7. The third-order valence-corrected chi connectivity index (χ3v) is 3.36. The fourth-order valence-corrected chi connectivity index (χ4v) is 2.31. The fourth-order valence-electron chi connectivity index (χ4n) is 1.51. The van der Waals surface area contributed by atoms with Crippen molar-refractivity contribution in [3.05, 3.63) is 58.0 Å². The third-order valence-electron chi connectivity index (χ3n) is 2.40. The summed E-state index contributed by atoms with van der Waals surface area (Å²) in [5.74, 6) is -0.173. The number of aromatic amines is 1. The Morgan fingerprint density at radius 2 is 1.89 bits per heavy atom. The monoisotopic (exact) mass is 276 g/mol. The van der Waals surface area contributed by atoms with E-state index < -0.39 is 5.97 Å². The van der Waals surface area contributed by atoms with Gasteiger partial charge in [0, 0.05) is 18.0 Å². The van der Waals surface area contributed by atoms with Crippen LogP contribution in [-0.2, 0) is 17.0 Å². The highest BCUT2D eigenvalue weighted by Gasteiger charge is 2.02. The highest BCUT2D eigenvalue weighted by atomic mass is 32.2. The van der Waals surface area contributed by atoms with E-state index in [1.807, 2.05) is 12.1 Å². The van der Waals surface area contributed by atoms with E-state index in [0.717, 1.165) is 11.1 Å². The van der Waals surface area contributed by atoms with Crippen molar-refractivity contribution in [2.75, 3.05) is 0 Å². The van der Waals surface area contributed by atoms with Gasteiger partial charge in [0.25, 0.3) is 5.56 Å². The van der Waals surface area contributed by atoms with Gasteiger partial charge in [-0.2, -0.15) is 0 Å². The predicted molar refractivity (Wildman–Crippen MR) is 72.2 cm³/mol. The van der Waals surface area contributed by atoms with Gasteiger partial charge >= 0.3 is 5.97 Å². The summed E-state index contributed by atoms with van der Waals surface area (Å²) >= 11 is 1.42. The van der Waals surface area contributed by atoms with Crippen LogP contribution in [0.5, 0.6) is 0 Å². The lowest BCUT2D eigenvalue weighted by atomic mass is 10.1. The highest BCUT2D eigenvalue weighted by molar-refractivity contribution is 7.98. The van der Waals surface area contributed by atoms with E-state index in [1.165, 1.54) is 24.0 Å². The number of hydrogen-bond acceptors (Lipinski definition) is 4. The van der Waals surface area contributed by atoms with E-state index in [1.54, 1.807) is 12.1 Å². The molecule has 0 spiro atoms. The third kappa shape index (κ3) is 4.26. The number of rotatable bonds is 5. The smallest absolute Gasteiger partial charge is 0.307 e. The number of aromatic nitrogens is 2. The van der Waals surface area contributed by atoms with Crippen LogP contribution in [0.4, 0.5) is 0 Å². The molecule has 0 aliphatic heterocycles. The van der Waals surface area contributed by atoms with Crippen molar-refractivity contribution in [2.45, 2.75) is 17.3 Å². The normalized spacial score (nSPS) is 10.3. The summed E-state index contributed by atoms with van der Waals surface area (Å²) in [7, 11) is 0. The van der Waals surface area contributed by atoms with Crippen LogP contribution in [0.3, 0.4) is 0 Å². The first-order chi connectivity index (χ1) is 9.13. The molecule has 0 fully saturated rings. The maximum atomic E-state index is 11.1. The first kappa shape index (κ1) is 13.4. The van der Waals surface area contributed by atoms with Gasteiger partial charge in [-0.1, -0.05) is 36.0 Å². The maximum Gasteiger partial charge on any atom is 0.307 e. The molecule has 19 heavy (non-hydrogen) atoms. The molecule has 0 saturated carbocycles. The van der Waals surface area contributed by atoms with Crippen molar-refractivity contribution in [3.8, 4) is 0 Å². The molecule has 0 aliphatic carbocycles. The van der Waals surface area contributed by atoms with Gasteiger partial charge in [0.15, 0.2) is 5.16 Å². The summed E-state index contributed by atoms with van der Waals surface area (Å²) in [4.78, 5) is 28.3. The Kier molecular flexibility index (Phi) is 4.35. The van der Waals surface area contributed by atoms with Crippen molar-refractivity contribution >= 4 is 17.7 Å². The number of nitrogens with one attached hydrogen (secondary N) is 1. The average molecular weight is 276 g/mol. The quantitative estimate of drug-likeness (QED) is 0.641. The topological polar surface area (TPSA) is 83.0 Å². The van der Waals surface area contributed by atoms with Crippen LogP contribution < -0.4 is 5.56 Å². The molecule has 0 saturated heterocycles. The van der Waals surface area contributed by atoms with Gasteiger partial charge in [0.1, 0.15) is 0 Å². The number of carboxylic acid groups (broad SMARTS) is 1. The molecular weight excluding hydrogens is 264 g/mol. The Bertz CT molecular complexity index is 622. The van der Waals surface area contributed by atoms with Gasteiger partial charge in [-0.05, 0) is 11.1 Å². The summed E-state index contributed by atoms with van der Waals surface area (Å²) in [5, 5.41) is 9.24. The van der Waals surface area contributed by atoms with Gasteiger partial charge in [0.2, 0.25) is 0 Å². The predicted octanol–water partition coefficient (Wildman–Crippen LogP) is 1.69. The average Bonchev–Trinajstić information content (AvgIpc) is 2.37. The minimum absolute atomic E-state index is 0.0288. The van der Waals surface area contributed by atoms with E-state index in [4.69, 9.17) is 5.11 Å². The molecule has 6 heteroatoms. The van der Waals surface area contributed by atoms with Gasteiger partial charge in [0.05, 0.1) is 6.42 Å². The molecule has 1 heterocycles. The Morgan fingerprint density at radius 3 is 2.53 bits per heavy atom. The Morgan fingerprint density at radius 1 is 1.21 bits per heavy atom. The molecule has 5 nitrogen and oxygen atoms in total. The molecule has 0 aliphatic rings. The number of nitrogens with zero attached hydrogens (tertiary/aromatic N) is 1. The maximum absolute atomic E-state index is 11.1. The van der Waals surface area contributed by atoms with Crippen LogP contribution in [0.15, 0.2) is 46.5 Å². The molecular formula is C13H12N2O3S. The van der Waals surface area contributed by atoms with Crippen LogP contribution in [0.25, 0.3) is 0 Å². The summed E-state index contributed by atoms with van der Waals surface area (Å²) in [6, 6.07) is 8.72. The number of thioether (sulfide) groups is 1. The second-order valence-corrected chi connectivity index (χ2v) is 4.88. The summed E-state index contributed by atoms with van der Waals surface area (Å²) < 4.78 is 0. The molecule has 1 aromatic carbocycles. The van der Waals surface area contributed by atoms with Crippen LogP contribution in [-0.4, -0.2) is 21.0 Å². The molecule has 0 atom stereocenters. The van der Waals surface area contributed by atoms with E-state index in [0.29, 0.717) is 10.9 Å². The molecule has 1 aromatic heterocycles. The first-order valence-electron chi connectivity index (χ1n) is 5.61. The first-order valence-corrected chi connectivity index (χ1v) is 6.60. The van der Waals surface area contributed by atoms with Crippen molar-refractivity contribution in [1.29, 1.82) is 0 Å².